The van der Waals surface area contributed by atoms with Gasteiger partial charge >= 0.3 is 5.97 Å². The smallest absolute Gasteiger partial charge is 0.328 e. The van der Waals surface area contributed by atoms with Crippen LogP contribution >= 0.6 is 11.3 Å². The Balaban J connectivity index is 2.14. The first kappa shape index (κ1) is 12.3. The van der Waals surface area contributed by atoms with Crippen LogP contribution in [0, 0.1) is 6.92 Å². The van der Waals surface area contributed by atoms with E-state index in [0.717, 1.165) is 47.7 Å². The van der Waals surface area contributed by atoms with Gasteiger partial charge in [0.25, 0.3) is 0 Å². The maximum absolute atomic E-state index is 10.5. The number of aliphatic carboxylic acids is 1. The van der Waals surface area contributed by atoms with Crippen molar-refractivity contribution < 1.29 is 14.6 Å². The zero-order chi connectivity index (χ0) is 12.3. The second kappa shape index (κ2) is 5.42. The number of ether oxygens (including phenoxy) is 1. The van der Waals surface area contributed by atoms with Gasteiger partial charge in [0.15, 0.2) is 0 Å². The maximum Gasteiger partial charge on any atom is 0.328 e. The fourth-order valence-corrected chi connectivity index (χ4v) is 2.99. The van der Waals surface area contributed by atoms with E-state index < -0.39 is 5.97 Å². The van der Waals surface area contributed by atoms with E-state index in [-0.39, 0.29) is 0 Å². The quantitative estimate of drug-likeness (QED) is 0.840. The van der Waals surface area contributed by atoms with Gasteiger partial charge < -0.3 is 9.84 Å². The third-order valence-electron chi connectivity index (χ3n) is 2.80. The third-order valence-corrected chi connectivity index (χ3v) is 4.08. The lowest BCUT2D eigenvalue weighted by atomic mass is 10.0. The van der Waals surface area contributed by atoms with E-state index in [2.05, 4.69) is 4.98 Å². The van der Waals surface area contributed by atoms with Gasteiger partial charge in [-0.1, -0.05) is 0 Å². The summed E-state index contributed by atoms with van der Waals surface area (Å²) in [5.41, 5.74) is 0.911. The van der Waals surface area contributed by atoms with Crippen LogP contribution < -0.4 is 0 Å². The molecule has 1 fully saturated rings. The molecule has 2 rings (SSSR count). The Bertz CT molecular complexity index is 433. The average molecular weight is 253 g/mol. The van der Waals surface area contributed by atoms with E-state index in [1.807, 2.05) is 6.92 Å². The summed E-state index contributed by atoms with van der Waals surface area (Å²) in [7, 11) is 0. The molecular formula is C12H15NO3S. The van der Waals surface area contributed by atoms with Crippen molar-refractivity contribution in [2.75, 3.05) is 13.2 Å². The van der Waals surface area contributed by atoms with Crippen molar-refractivity contribution in [1.29, 1.82) is 0 Å². The normalized spacial score (nSPS) is 17.7. The molecule has 92 valence electrons. The molecular weight excluding hydrogens is 238 g/mol. The first-order valence-electron chi connectivity index (χ1n) is 5.63. The minimum atomic E-state index is -0.926. The van der Waals surface area contributed by atoms with E-state index in [1.54, 1.807) is 17.4 Å². The topological polar surface area (TPSA) is 59.4 Å². The van der Waals surface area contributed by atoms with Crippen molar-refractivity contribution in [3.63, 3.8) is 0 Å². The van der Waals surface area contributed by atoms with Crippen molar-refractivity contribution in [2.24, 2.45) is 0 Å². The molecule has 0 amide bonds. The molecule has 0 saturated carbocycles. The second-order valence-electron chi connectivity index (χ2n) is 4.06. The Morgan fingerprint density at radius 2 is 2.24 bits per heavy atom. The Kier molecular flexibility index (Phi) is 3.91. The molecule has 0 unspecified atom stereocenters. The molecule has 0 radical (unpaired) electrons. The number of aromatic nitrogens is 1. The predicted octanol–water partition coefficient (Wildman–Crippen LogP) is 2.44. The SMILES string of the molecule is Cc1nc(C2CCOCC2)sc1/C=C/C(=O)O. The van der Waals surface area contributed by atoms with Crippen LogP contribution in [0.15, 0.2) is 6.08 Å². The van der Waals surface area contributed by atoms with Crippen molar-refractivity contribution in [1.82, 2.24) is 4.98 Å². The van der Waals surface area contributed by atoms with Gasteiger partial charge in [-0.2, -0.15) is 0 Å². The summed E-state index contributed by atoms with van der Waals surface area (Å²) in [6, 6.07) is 0. The Hall–Kier alpha value is -1.20. The van der Waals surface area contributed by atoms with Gasteiger partial charge in [0, 0.05) is 25.2 Å². The fourth-order valence-electron chi connectivity index (χ4n) is 1.85. The van der Waals surface area contributed by atoms with Crippen LogP contribution in [0.3, 0.4) is 0 Å². The van der Waals surface area contributed by atoms with Crippen molar-refractivity contribution in [3.8, 4) is 0 Å². The van der Waals surface area contributed by atoms with Gasteiger partial charge in [-0.15, -0.1) is 11.3 Å². The molecule has 0 bridgehead atoms. The molecule has 2 heterocycles. The summed E-state index contributed by atoms with van der Waals surface area (Å²) in [6.07, 6.45) is 4.80. The summed E-state index contributed by atoms with van der Waals surface area (Å²) >= 11 is 1.59. The maximum atomic E-state index is 10.5. The average Bonchev–Trinajstić information content (AvgIpc) is 2.69. The summed E-state index contributed by atoms with van der Waals surface area (Å²) in [4.78, 5) is 15.9. The minimum Gasteiger partial charge on any atom is -0.478 e. The number of carboxylic acid groups (broad SMARTS) is 1. The first-order valence-corrected chi connectivity index (χ1v) is 6.44. The van der Waals surface area contributed by atoms with E-state index >= 15 is 0 Å². The van der Waals surface area contributed by atoms with Crippen LogP contribution in [0.4, 0.5) is 0 Å². The van der Waals surface area contributed by atoms with Gasteiger partial charge in [-0.25, -0.2) is 9.78 Å². The van der Waals surface area contributed by atoms with Crippen LogP contribution in [-0.2, 0) is 9.53 Å². The van der Waals surface area contributed by atoms with E-state index in [9.17, 15) is 4.79 Å². The highest BCUT2D eigenvalue weighted by atomic mass is 32.1. The molecule has 5 heteroatoms. The number of carboxylic acids is 1. The third kappa shape index (κ3) is 3.14. The van der Waals surface area contributed by atoms with Crippen LogP contribution in [0.25, 0.3) is 6.08 Å². The number of thiazole rings is 1. The monoisotopic (exact) mass is 253 g/mol. The largest absolute Gasteiger partial charge is 0.478 e. The first-order chi connectivity index (χ1) is 8.16. The minimum absolute atomic E-state index is 0.472. The number of aryl methyl sites for hydroxylation is 1. The second-order valence-corrected chi connectivity index (χ2v) is 5.12. The summed E-state index contributed by atoms with van der Waals surface area (Å²) in [5, 5.41) is 9.71. The highest BCUT2D eigenvalue weighted by molar-refractivity contribution is 7.12. The lowest BCUT2D eigenvalue weighted by Gasteiger charge is -2.19. The van der Waals surface area contributed by atoms with Crippen molar-refractivity contribution >= 4 is 23.4 Å². The molecule has 0 atom stereocenters. The predicted molar refractivity (Wildman–Crippen MR) is 66.3 cm³/mol. The van der Waals surface area contributed by atoms with Crippen molar-refractivity contribution in [2.45, 2.75) is 25.7 Å². The summed E-state index contributed by atoms with van der Waals surface area (Å²) in [5.74, 6) is -0.454. The van der Waals surface area contributed by atoms with E-state index in [0.29, 0.717) is 5.92 Å². The molecule has 0 aliphatic carbocycles. The molecule has 1 aliphatic heterocycles. The Labute approximate surface area is 104 Å². The van der Waals surface area contributed by atoms with E-state index in [1.165, 1.54) is 0 Å². The molecule has 1 aromatic rings. The number of nitrogens with zero attached hydrogens (tertiary/aromatic N) is 1. The molecule has 1 N–H and O–H groups in total. The lowest BCUT2D eigenvalue weighted by molar-refractivity contribution is -0.131. The van der Waals surface area contributed by atoms with E-state index in [4.69, 9.17) is 9.84 Å². The molecule has 17 heavy (non-hydrogen) atoms. The van der Waals surface area contributed by atoms with Crippen LogP contribution in [0.5, 0.6) is 0 Å². The van der Waals surface area contributed by atoms with Crippen molar-refractivity contribution in [3.05, 3.63) is 21.7 Å². The van der Waals surface area contributed by atoms with Gasteiger partial charge in [-0.05, 0) is 25.8 Å². The van der Waals surface area contributed by atoms with Crippen LogP contribution in [0.1, 0.15) is 34.3 Å². The standard InChI is InChI=1S/C12H15NO3S/c1-8-10(2-3-11(14)15)17-12(13-8)9-4-6-16-7-5-9/h2-3,9H,4-7H2,1H3,(H,14,15)/b3-2+. The number of carbonyl (C=O) groups is 1. The number of hydrogen-bond acceptors (Lipinski definition) is 4. The Morgan fingerprint density at radius 1 is 1.53 bits per heavy atom. The van der Waals surface area contributed by atoms with Gasteiger partial charge in [0.05, 0.1) is 15.6 Å². The van der Waals surface area contributed by atoms with Gasteiger partial charge in [0.2, 0.25) is 0 Å². The highest BCUT2D eigenvalue weighted by Crippen LogP contribution is 2.32. The Morgan fingerprint density at radius 3 is 2.88 bits per heavy atom. The molecule has 4 nitrogen and oxygen atoms in total. The van der Waals surface area contributed by atoms with Gasteiger partial charge in [0.1, 0.15) is 0 Å². The lowest BCUT2D eigenvalue weighted by Crippen LogP contribution is -2.13. The molecule has 1 aromatic heterocycles. The number of rotatable bonds is 3. The molecule has 0 spiro atoms. The molecule has 1 saturated heterocycles. The zero-order valence-electron chi connectivity index (χ0n) is 9.68. The molecule has 1 aliphatic rings. The van der Waals surface area contributed by atoms with Gasteiger partial charge in [-0.3, -0.25) is 0 Å². The number of hydrogen-bond donors (Lipinski definition) is 1. The highest BCUT2D eigenvalue weighted by Gasteiger charge is 2.20. The zero-order valence-corrected chi connectivity index (χ0v) is 10.5. The van der Waals surface area contributed by atoms with Crippen LogP contribution in [0.2, 0.25) is 0 Å². The fraction of sp³-hybridized carbons (Fsp3) is 0.500. The summed E-state index contributed by atoms with van der Waals surface area (Å²) < 4.78 is 5.32. The molecule has 0 aromatic carbocycles. The summed E-state index contributed by atoms with van der Waals surface area (Å²) in [6.45, 7) is 3.51. The van der Waals surface area contributed by atoms with Crippen LogP contribution in [-0.4, -0.2) is 29.3 Å².